The van der Waals surface area contributed by atoms with Gasteiger partial charge in [-0.3, -0.25) is 4.79 Å². The van der Waals surface area contributed by atoms with Gasteiger partial charge in [0.05, 0.1) is 30.8 Å². The first-order valence-electron chi connectivity index (χ1n) is 8.82. The van der Waals surface area contributed by atoms with E-state index in [1.165, 1.54) is 7.11 Å². The Morgan fingerprint density at radius 1 is 1.35 bits per heavy atom. The van der Waals surface area contributed by atoms with Gasteiger partial charge in [0, 0.05) is 12.3 Å². The van der Waals surface area contributed by atoms with Crippen LogP contribution in [0.1, 0.15) is 60.3 Å². The summed E-state index contributed by atoms with van der Waals surface area (Å²) >= 11 is 0. The van der Waals surface area contributed by atoms with Crippen LogP contribution in [0.4, 0.5) is 0 Å². The molecule has 2 fully saturated rings. The number of hydrogen-bond donors (Lipinski definition) is 1. The van der Waals surface area contributed by atoms with Crippen LogP contribution in [-0.2, 0) is 19.0 Å². The van der Waals surface area contributed by atoms with Gasteiger partial charge >= 0.3 is 5.97 Å². The molecule has 2 saturated heterocycles. The SMILES string of the molecule is CC[C@H]1O[C@]2(CC[C@]1(C)O)O[C@H]([C@@H](C)C(=O)OC)[C@@H](C)C[C@@H]2C. The van der Waals surface area contributed by atoms with E-state index in [0.717, 1.165) is 12.8 Å². The summed E-state index contributed by atoms with van der Waals surface area (Å²) in [6.45, 7) is 9.96. The molecule has 2 aliphatic heterocycles. The van der Waals surface area contributed by atoms with E-state index in [1.54, 1.807) is 0 Å². The van der Waals surface area contributed by atoms with E-state index in [9.17, 15) is 9.90 Å². The minimum absolute atomic E-state index is 0.223. The van der Waals surface area contributed by atoms with Gasteiger partial charge in [-0.25, -0.2) is 0 Å². The lowest BCUT2D eigenvalue weighted by atomic mass is 9.75. The van der Waals surface area contributed by atoms with Crippen LogP contribution in [0.3, 0.4) is 0 Å². The van der Waals surface area contributed by atoms with Crippen molar-refractivity contribution in [3.8, 4) is 0 Å². The average molecular weight is 328 g/mol. The zero-order chi connectivity index (χ0) is 17.4. The van der Waals surface area contributed by atoms with E-state index in [0.29, 0.717) is 12.8 Å². The van der Waals surface area contributed by atoms with Crippen molar-refractivity contribution in [2.24, 2.45) is 17.8 Å². The molecule has 0 aliphatic carbocycles. The quantitative estimate of drug-likeness (QED) is 0.807. The Morgan fingerprint density at radius 3 is 2.57 bits per heavy atom. The predicted molar refractivity (Wildman–Crippen MR) is 86.8 cm³/mol. The Labute approximate surface area is 139 Å². The largest absolute Gasteiger partial charge is 0.469 e. The maximum Gasteiger partial charge on any atom is 0.311 e. The van der Waals surface area contributed by atoms with Crippen LogP contribution in [0.15, 0.2) is 0 Å². The van der Waals surface area contributed by atoms with E-state index >= 15 is 0 Å². The van der Waals surface area contributed by atoms with Crippen molar-refractivity contribution in [2.45, 2.75) is 83.9 Å². The molecule has 0 unspecified atom stereocenters. The van der Waals surface area contributed by atoms with Crippen LogP contribution in [0.2, 0.25) is 0 Å². The number of rotatable bonds is 3. The van der Waals surface area contributed by atoms with Crippen molar-refractivity contribution < 1.29 is 24.1 Å². The smallest absolute Gasteiger partial charge is 0.311 e. The normalized spacial score (nSPS) is 45.7. The van der Waals surface area contributed by atoms with Crippen LogP contribution >= 0.6 is 0 Å². The van der Waals surface area contributed by atoms with Gasteiger partial charge in [-0.2, -0.15) is 0 Å². The van der Waals surface area contributed by atoms with Gasteiger partial charge in [-0.05, 0) is 39.0 Å². The van der Waals surface area contributed by atoms with E-state index < -0.39 is 11.4 Å². The Bertz CT molecular complexity index is 435. The van der Waals surface area contributed by atoms with Gasteiger partial charge in [0.2, 0.25) is 0 Å². The standard InChI is InChI=1S/C18H32O5/c1-7-14-17(5,20)8-9-18(22-14)12(3)10-11(2)15(23-18)13(4)16(19)21-6/h11-15,20H,7-10H2,1-6H3/t11-,12-,13+,14+,15-,17-,18+/m0/s1. The number of esters is 1. The number of aliphatic hydroxyl groups is 1. The molecule has 0 aromatic rings. The molecule has 2 heterocycles. The third kappa shape index (κ3) is 3.42. The van der Waals surface area contributed by atoms with Crippen LogP contribution < -0.4 is 0 Å². The minimum Gasteiger partial charge on any atom is -0.469 e. The number of methoxy groups -OCH3 is 1. The van der Waals surface area contributed by atoms with Gasteiger partial charge in [-0.15, -0.1) is 0 Å². The summed E-state index contributed by atoms with van der Waals surface area (Å²) in [5.41, 5.74) is -0.824. The number of carbonyl (C=O) groups is 1. The molecular weight excluding hydrogens is 296 g/mol. The fourth-order valence-corrected chi connectivity index (χ4v) is 4.24. The van der Waals surface area contributed by atoms with Crippen molar-refractivity contribution in [3.63, 3.8) is 0 Å². The highest BCUT2D eigenvalue weighted by Crippen LogP contribution is 2.48. The maximum atomic E-state index is 11.9. The number of hydrogen-bond acceptors (Lipinski definition) is 5. The molecule has 2 rings (SSSR count). The molecule has 0 saturated carbocycles. The molecule has 5 heteroatoms. The number of carbonyl (C=O) groups excluding carboxylic acids is 1. The summed E-state index contributed by atoms with van der Waals surface area (Å²) in [5, 5.41) is 10.5. The molecule has 1 spiro atoms. The third-order valence-corrected chi connectivity index (χ3v) is 5.82. The highest BCUT2D eigenvalue weighted by atomic mass is 16.7. The molecule has 0 radical (unpaired) electrons. The van der Waals surface area contributed by atoms with E-state index in [-0.39, 0.29) is 35.9 Å². The maximum absolute atomic E-state index is 11.9. The van der Waals surface area contributed by atoms with Crippen molar-refractivity contribution in [1.29, 1.82) is 0 Å². The summed E-state index contributed by atoms with van der Waals surface area (Å²) < 4.78 is 17.6. The lowest BCUT2D eigenvalue weighted by Gasteiger charge is -2.55. The molecule has 0 bridgehead atoms. The zero-order valence-electron chi connectivity index (χ0n) is 15.3. The van der Waals surface area contributed by atoms with E-state index in [4.69, 9.17) is 14.2 Å². The van der Waals surface area contributed by atoms with Gasteiger partial charge < -0.3 is 19.3 Å². The predicted octanol–water partition coefficient (Wildman–Crippen LogP) is 2.89. The summed E-state index contributed by atoms with van der Waals surface area (Å²) in [6.07, 6.45) is 2.49. The van der Waals surface area contributed by atoms with Crippen LogP contribution in [-0.4, -0.2) is 41.8 Å². The summed E-state index contributed by atoms with van der Waals surface area (Å²) in [5.74, 6) is -0.797. The van der Waals surface area contributed by atoms with Gasteiger partial charge in [0.1, 0.15) is 0 Å². The van der Waals surface area contributed by atoms with E-state index in [2.05, 4.69) is 13.8 Å². The minimum atomic E-state index is -0.824. The van der Waals surface area contributed by atoms with Gasteiger partial charge in [0.25, 0.3) is 0 Å². The Balaban J connectivity index is 2.22. The Kier molecular flexibility index (Phi) is 5.44. The Morgan fingerprint density at radius 2 is 2.00 bits per heavy atom. The molecule has 5 nitrogen and oxygen atoms in total. The van der Waals surface area contributed by atoms with E-state index in [1.807, 2.05) is 20.8 Å². The molecule has 0 aromatic heterocycles. The molecule has 2 aliphatic rings. The third-order valence-electron chi connectivity index (χ3n) is 5.82. The zero-order valence-corrected chi connectivity index (χ0v) is 15.3. The van der Waals surface area contributed by atoms with Crippen molar-refractivity contribution in [3.05, 3.63) is 0 Å². The second-order valence-corrected chi connectivity index (χ2v) is 7.69. The molecule has 1 N–H and O–H groups in total. The highest BCUT2D eigenvalue weighted by molar-refractivity contribution is 5.72. The van der Waals surface area contributed by atoms with Crippen molar-refractivity contribution in [2.75, 3.05) is 7.11 Å². The number of ether oxygens (including phenoxy) is 3. The summed E-state index contributed by atoms with van der Waals surface area (Å²) in [7, 11) is 1.41. The average Bonchev–Trinajstić information content (AvgIpc) is 2.51. The summed E-state index contributed by atoms with van der Waals surface area (Å²) in [4.78, 5) is 11.9. The lowest BCUT2D eigenvalue weighted by molar-refractivity contribution is -0.372. The second kappa shape index (κ2) is 6.69. The fraction of sp³-hybridized carbons (Fsp3) is 0.944. The molecule has 23 heavy (non-hydrogen) atoms. The van der Waals surface area contributed by atoms with Crippen LogP contribution in [0.5, 0.6) is 0 Å². The van der Waals surface area contributed by atoms with Crippen LogP contribution in [0.25, 0.3) is 0 Å². The first-order valence-corrected chi connectivity index (χ1v) is 8.82. The first kappa shape index (κ1) is 18.7. The van der Waals surface area contributed by atoms with Crippen LogP contribution in [0, 0.1) is 17.8 Å². The lowest BCUT2D eigenvalue weighted by Crippen LogP contribution is -2.61. The monoisotopic (exact) mass is 328 g/mol. The summed E-state index contributed by atoms with van der Waals surface area (Å²) in [6, 6.07) is 0. The second-order valence-electron chi connectivity index (χ2n) is 7.69. The first-order chi connectivity index (χ1) is 10.7. The van der Waals surface area contributed by atoms with Crippen molar-refractivity contribution in [1.82, 2.24) is 0 Å². The van der Waals surface area contributed by atoms with Crippen molar-refractivity contribution >= 4 is 5.97 Å². The van der Waals surface area contributed by atoms with Gasteiger partial charge in [-0.1, -0.05) is 20.8 Å². The topological polar surface area (TPSA) is 65.0 Å². The van der Waals surface area contributed by atoms with Gasteiger partial charge in [0.15, 0.2) is 5.79 Å². The highest BCUT2D eigenvalue weighted by Gasteiger charge is 2.55. The molecule has 134 valence electrons. The Hall–Kier alpha value is -0.650. The fourth-order valence-electron chi connectivity index (χ4n) is 4.24. The molecule has 0 aromatic carbocycles. The molecule has 0 amide bonds. The molecule has 7 atom stereocenters. The molecular formula is C18H32O5.